The highest BCUT2D eigenvalue weighted by atomic mass is 16.5. The number of rotatable bonds is 5. The van der Waals surface area contributed by atoms with Crippen molar-refractivity contribution in [3.05, 3.63) is 0 Å². The molecule has 0 aliphatic carbocycles. The van der Waals surface area contributed by atoms with Gasteiger partial charge in [0.15, 0.2) is 0 Å². The van der Waals surface area contributed by atoms with Gasteiger partial charge in [0.05, 0.1) is 20.6 Å². The van der Waals surface area contributed by atoms with Gasteiger partial charge in [-0.15, -0.1) is 0 Å². The van der Waals surface area contributed by atoms with Crippen LogP contribution in [0.1, 0.15) is 19.8 Å². The highest BCUT2D eigenvalue weighted by Gasteiger charge is 2.24. The highest BCUT2D eigenvalue weighted by molar-refractivity contribution is 5.87. The van der Waals surface area contributed by atoms with Crippen LogP contribution in [0.4, 0.5) is 0 Å². The van der Waals surface area contributed by atoms with E-state index in [9.17, 15) is 14.4 Å². The molecule has 0 saturated heterocycles. The van der Waals surface area contributed by atoms with Gasteiger partial charge < -0.3 is 14.8 Å². The minimum atomic E-state index is -0.977. The Bertz CT molecular complexity index is 233. The van der Waals surface area contributed by atoms with Gasteiger partial charge in [0.2, 0.25) is 5.91 Å². The molecule has 0 aromatic heterocycles. The number of ether oxygens (including phenoxy) is 2. The summed E-state index contributed by atoms with van der Waals surface area (Å²) in [4.78, 5) is 33.1. The summed E-state index contributed by atoms with van der Waals surface area (Å²) in [6.07, 6.45) is 0.00355. The van der Waals surface area contributed by atoms with E-state index in [1.165, 1.54) is 14.2 Å². The van der Waals surface area contributed by atoms with E-state index in [2.05, 4.69) is 14.8 Å². The minimum absolute atomic E-state index is 0.227. The van der Waals surface area contributed by atoms with Gasteiger partial charge in [0.25, 0.3) is 0 Å². The quantitative estimate of drug-likeness (QED) is 0.635. The Morgan fingerprint density at radius 2 is 1.80 bits per heavy atom. The molecule has 1 amide bonds. The van der Waals surface area contributed by atoms with E-state index in [0.29, 0.717) is 0 Å². The first kappa shape index (κ1) is 13.4. The molecule has 0 aliphatic rings. The van der Waals surface area contributed by atoms with E-state index in [-0.39, 0.29) is 18.7 Å². The number of hydrogen-bond donors (Lipinski definition) is 1. The second-order valence-corrected chi connectivity index (χ2v) is 2.78. The lowest BCUT2D eigenvalue weighted by molar-refractivity contribution is -0.150. The Balaban J connectivity index is 4.37. The van der Waals surface area contributed by atoms with E-state index in [4.69, 9.17) is 0 Å². The number of esters is 2. The predicted octanol–water partition coefficient (Wildman–Crippen LogP) is -0.383. The fourth-order valence-electron chi connectivity index (χ4n) is 0.882. The van der Waals surface area contributed by atoms with Gasteiger partial charge in [-0.3, -0.25) is 9.59 Å². The Morgan fingerprint density at radius 3 is 2.20 bits per heavy atom. The van der Waals surface area contributed by atoms with Crippen molar-refractivity contribution in [3.63, 3.8) is 0 Å². The first-order valence-corrected chi connectivity index (χ1v) is 4.49. The number of nitrogens with one attached hydrogen (secondary N) is 1. The van der Waals surface area contributed by atoms with E-state index in [1.54, 1.807) is 6.92 Å². The Morgan fingerprint density at radius 1 is 1.20 bits per heavy atom. The summed E-state index contributed by atoms with van der Waals surface area (Å²) < 4.78 is 8.83. The summed E-state index contributed by atoms with van der Waals surface area (Å²) >= 11 is 0. The van der Waals surface area contributed by atoms with Crippen molar-refractivity contribution in [1.82, 2.24) is 5.32 Å². The maximum absolute atomic E-state index is 11.2. The summed E-state index contributed by atoms with van der Waals surface area (Å²) in [5, 5.41) is 2.37. The number of carbonyl (C=O) groups is 3. The molecular formula is C9H15NO5. The number of hydrogen-bond acceptors (Lipinski definition) is 5. The summed E-state index contributed by atoms with van der Waals surface area (Å²) in [5.74, 6) is -1.57. The van der Waals surface area contributed by atoms with E-state index in [1.807, 2.05) is 0 Å². The standard InChI is InChI=1S/C9H15NO5/c1-4-7(11)10-6(9(13)15-3)5-8(12)14-2/h6H,4-5H2,1-3H3,(H,10,11). The molecule has 0 fully saturated rings. The zero-order chi connectivity index (χ0) is 11.8. The van der Waals surface area contributed by atoms with Crippen molar-refractivity contribution in [2.45, 2.75) is 25.8 Å². The smallest absolute Gasteiger partial charge is 0.328 e. The molecule has 1 N–H and O–H groups in total. The van der Waals surface area contributed by atoms with Gasteiger partial charge in [0.1, 0.15) is 6.04 Å². The molecule has 0 radical (unpaired) electrons. The van der Waals surface area contributed by atoms with E-state index < -0.39 is 18.0 Å². The fourth-order valence-corrected chi connectivity index (χ4v) is 0.882. The molecule has 15 heavy (non-hydrogen) atoms. The number of carbonyl (C=O) groups excluding carboxylic acids is 3. The van der Waals surface area contributed by atoms with Gasteiger partial charge in [-0.2, -0.15) is 0 Å². The monoisotopic (exact) mass is 217 g/mol. The number of methoxy groups -OCH3 is 2. The Hall–Kier alpha value is -1.59. The van der Waals surface area contributed by atoms with Crippen LogP contribution in [0.15, 0.2) is 0 Å². The van der Waals surface area contributed by atoms with Gasteiger partial charge in [-0.25, -0.2) is 4.79 Å². The second-order valence-electron chi connectivity index (χ2n) is 2.78. The second kappa shape index (κ2) is 6.80. The van der Waals surface area contributed by atoms with Crippen LogP contribution in [0, 0.1) is 0 Å². The Labute approximate surface area is 87.9 Å². The Kier molecular flexibility index (Phi) is 6.08. The lowest BCUT2D eigenvalue weighted by Gasteiger charge is -2.14. The van der Waals surface area contributed by atoms with Crippen LogP contribution in [-0.4, -0.2) is 38.1 Å². The van der Waals surface area contributed by atoms with Gasteiger partial charge in [0, 0.05) is 6.42 Å². The normalized spacial score (nSPS) is 11.4. The average Bonchev–Trinajstić information content (AvgIpc) is 2.26. The van der Waals surface area contributed by atoms with Crippen molar-refractivity contribution in [3.8, 4) is 0 Å². The van der Waals surface area contributed by atoms with Crippen molar-refractivity contribution in [2.75, 3.05) is 14.2 Å². The van der Waals surface area contributed by atoms with Crippen molar-refractivity contribution in [1.29, 1.82) is 0 Å². The molecule has 0 spiro atoms. The molecule has 0 aromatic carbocycles. The zero-order valence-corrected chi connectivity index (χ0v) is 9.03. The van der Waals surface area contributed by atoms with Crippen LogP contribution in [0.25, 0.3) is 0 Å². The van der Waals surface area contributed by atoms with Crippen LogP contribution >= 0.6 is 0 Å². The highest BCUT2D eigenvalue weighted by Crippen LogP contribution is 1.98. The molecule has 1 unspecified atom stereocenters. The van der Waals surface area contributed by atoms with E-state index >= 15 is 0 Å². The van der Waals surface area contributed by atoms with Gasteiger partial charge in [-0.1, -0.05) is 6.92 Å². The zero-order valence-electron chi connectivity index (χ0n) is 9.03. The van der Waals surface area contributed by atoms with Crippen molar-refractivity contribution < 1.29 is 23.9 Å². The molecule has 6 heteroatoms. The summed E-state index contributed by atoms with van der Waals surface area (Å²) in [6, 6.07) is -0.977. The SMILES string of the molecule is CCC(=O)NC(CC(=O)OC)C(=O)OC. The maximum atomic E-state index is 11.2. The van der Waals surface area contributed by atoms with Crippen molar-refractivity contribution >= 4 is 17.8 Å². The minimum Gasteiger partial charge on any atom is -0.469 e. The first-order chi connectivity index (χ1) is 7.04. The lowest BCUT2D eigenvalue weighted by atomic mass is 10.2. The molecule has 6 nitrogen and oxygen atoms in total. The maximum Gasteiger partial charge on any atom is 0.328 e. The molecule has 0 heterocycles. The molecule has 0 saturated carbocycles. The van der Waals surface area contributed by atoms with Crippen LogP contribution in [0.3, 0.4) is 0 Å². The largest absolute Gasteiger partial charge is 0.469 e. The van der Waals surface area contributed by atoms with Crippen LogP contribution in [0.2, 0.25) is 0 Å². The molecule has 0 rings (SSSR count). The summed E-state index contributed by atoms with van der Waals surface area (Å²) in [7, 11) is 2.39. The van der Waals surface area contributed by atoms with E-state index in [0.717, 1.165) is 0 Å². The first-order valence-electron chi connectivity index (χ1n) is 4.49. The molecule has 1 atom stereocenters. The average molecular weight is 217 g/mol. The van der Waals surface area contributed by atoms with Crippen molar-refractivity contribution in [2.24, 2.45) is 0 Å². The van der Waals surface area contributed by atoms with Gasteiger partial charge in [-0.05, 0) is 0 Å². The summed E-state index contributed by atoms with van der Waals surface area (Å²) in [5.41, 5.74) is 0. The molecule has 0 bridgehead atoms. The van der Waals surface area contributed by atoms with Crippen LogP contribution in [0.5, 0.6) is 0 Å². The molecule has 86 valence electrons. The lowest BCUT2D eigenvalue weighted by Crippen LogP contribution is -2.42. The predicted molar refractivity (Wildman–Crippen MR) is 50.9 cm³/mol. The van der Waals surface area contributed by atoms with Crippen LogP contribution in [-0.2, 0) is 23.9 Å². The number of amides is 1. The van der Waals surface area contributed by atoms with Crippen LogP contribution < -0.4 is 5.32 Å². The third-order valence-corrected chi connectivity index (χ3v) is 1.74. The fraction of sp³-hybridized carbons (Fsp3) is 0.667. The summed E-state index contributed by atoms with van der Waals surface area (Å²) in [6.45, 7) is 1.64. The third-order valence-electron chi connectivity index (χ3n) is 1.74. The molecule has 0 aromatic rings. The van der Waals surface area contributed by atoms with Gasteiger partial charge >= 0.3 is 11.9 Å². The molecular weight excluding hydrogens is 202 g/mol. The molecule has 0 aliphatic heterocycles. The third kappa shape index (κ3) is 4.99. The topological polar surface area (TPSA) is 81.7 Å².